The summed E-state index contributed by atoms with van der Waals surface area (Å²) in [4.78, 5) is 20.2. The standard InChI is InChI=1S/C27H33FN6O2/c1-4-6-19-10-29-27(30-11-19)34-12-20-14-35-15-21(13-34)24(20)36-26-17(3)25(31-16-32-26)33-23-8-7-18(5-2)9-22(23)28/h7-11,16,20-21,24H,4-6,12-15H2,1-3H3,(H,31,32,33). The maximum atomic E-state index is 14.6. The average Bonchev–Trinajstić information content (AvgIpc) is 2.88. The van der Waals surface area contributed by atoms with Crippen LogP contribution >= 0.6 is 0 Å². The Hall–Kier alpha value is -3.33. The van der Waals surface area contributed by atoms with Gasteiger partial charge in [0, 0.05) is 37.3 Å². The highest BCUT2D eigenvalue weighted by Crippen LogP contribution is 2.34. The van der Waals surface area contributed by atoms with E-state index in [0.29, 0.717) is 30.6 Å². The minimum Gasteiger partial charge on any atom is -0.473 e. The Bertz CT molecular complexity index is 1180. The van der Waals surface area contributed by atoms with Gasteiger partial charge in [-0.3, -0.25) is 0 Å². The number of benzene rings is 1. The van der Waals surface area contributed by atoms with Crippen molar-refractivity contribution in [2.75, 3.05) is 36.5 Å². The second kappa shape index (κ2) is 10.7. The summed E-state index contributed by atoms with van der Waals surface area (Å²) < 4.78 is 26.9. The first kappa shape index (κ1) is 24.4. The Labute approximate surface area is 211 Å². The first-order valence-corrected chi connectivity index (χ1v) is 12.7. The molecule has 2 unspecified atom stereocenters. The van der Waals surface area contributed by atoms with Crippen LogP contribution in [0.1, 0.15) is 37.0 Å². The Morgan fingerprint density at radius 3 is 2.47 bits per heavy atom. The van der Waals surface area contributed by atoms with Crippen molar-refractivity contribution in [1.82, 2.24) is 19.9 Å². The summed E-state index contributed by atoms with van der Waals surface area (Å²) in [5, 5.41) is 3.11. The molecule has 2 saturated heterocycles. The summed E-state index contributed by atoms with van der Waals surface area (Å²) in [6.07, 6.45) is 8.11. The Morgan fingerprint density at radius 2 is 1.81 bits per heavy atom. The third-order valence-corrected chi connectivity index (χ3v) is 7.00. The van der Waals surface area contributed by atoms with Gasteiger partial charge in [-0.1, -0.05) is 26.3 Å². The first-order valence-electron chi connectivity index (χ1n) is 12.7. The summed E-state index contributed by atoms with van der Waals surface area (Å²) in [5.41, 5.74) is 3.23. The SMILES string of the molecule is CCCc1cnc(N2CC3COCC(C2)C3Oc2ncnc(Nc3ccc(CC)cc3F)c2C)nc1. The second-order valence-corrected chi connectivity index (χ2v) is 9.63. The summed E-state index contributed by atoms with van der Waals surface area (Å²) in [6.45, 7) is 8.76. The summed E-state index contributed by atoms with van der Waals surface area (Å²) in [7, 11) is 0. The number of aryl methyl sites for hydroxylation is 2. The van der Waals surface area contributed by atoms with E-state index in [1.54, 1.807) is 12.1 Å². The van der Waals surface area contributed by atoms with E-state index >= 15 is 0 Å². The molecule has 2 atom stereocenters. The number of halogens is 1. The molecule has 8 nitrogen and oxygen atoms in total. The van der Waals surface area contributed by atoms with Crippen LogP contribution in [0.15, 0.2) is 36.9 Å². The van der Waals surface area contributed by atoms with Crippen LogP contribution in [-0.4, -0.2) is 52.3 Å². The van der Waals surface area contributed by atoms with Crippen LogP contribution in [0.5, 0.6) is 5.88 Å². The molecule has 4 heterocycles. The minimum absolute atomic E-state index is 0.0450. The quantitative estimate of drug-likeness (QED) is 0.492. The fourth-order valence-corrected chi connectivity index (χ4v) is 5.00. The first-order chi connectivity index (χ1) is 17.6. The van der Waals surface area contributed by atoms with E-state index in [9.17, 15) is 4.39 Å². The predicted octanol–water partition coefficient (Wildman–Crippen LogP) is 4.50. The van der Waals surface area contributed by atoms with Crippen molar-refractivity contribution >= 4 is 17.5 Å². The fourth-order valence-electron chi connectivity index (χ4n) is 5.00. The lowest BCUT2D eigenvalue weighted by atomic mass is 9.84. The molecular formula is C27H33FN6O2. The van der Waals surface area contributed by atoms with Crippen LogP contribution < -0.4 is 15.0 Å². The van der Waals surface area contributed by atoms with Gasteiger partial charge in [0.1, 0.15) is 24.1 Å². The summed E-state index contributed by atoms with van der Waals surface area (Å²) >= 11 is 0. The van der Waals surface area contributed by atoms with Crippen molar-refractivity contribution in [3.05, 3.63) is 59.4 Å². The van der Waals surface area contributed by atoms with Crippen LogP contribution in [0.25, 0.3) is 0 Å². The number of piperidine rings is 1. The number of ether oxygens (including phenoxy) is 2. The molecular weight excluding hydrogens is 459 g/mol. The smallest absolute Gasteiger partial charge is 0.225 e. The molecule has 190 valence electrons. The monoisotopic (exact) mass is 492 g/mol. The normalized spacial score (nSPS) is 21.3. The highest BCUT2D eigenvalue weighted by molar-refractivity contribution is 5.61. The number of aromatic nitrogens is 4. The third kappa shape index (κ3) is 5.11. The van der Waals surface area contributed by atoms with Gasteiger partial charge in [-0.2, -0.15) is 0 Å². The molecule has 2 fully saturated rings. The maximum absolute atomic E-state index is 14.6. The average molecular weight is 493 g/mol. The molecule has 0 aliphatic carbocycles. The van der Waals surface area contributed by atoms with E-state index in [0.717, 1.165) is 55.0 Å². The Morgan fingerprint density at radius 1 is 1.06 bits per heavy atom. The van der Waals surface area contributed by atoms with Crippen molar-refractivity contribution in [2.24, 2.45) is 11.8 Å². The van der Waals surface area contributed by atoms with E-state index in [4.69, 9.17) is 9.47 Å². The van der Waals surface area contributed by atoms with Gasteiger partial charge in [-0.25, -0.2) is 24.3 Å². The van der Waals surface area contributed by atoms with Crippen molar-refractivity contribution in [3.8, 4) is 5.88 Å². The summed E-state index contributed by atoms with van der Waals surface area (Å²) in [6, 6.07) is 5.20. The van der Waals surface area contributed by atoms with Gasteiger partial charge in [-0.05, 0) is 43.0 Å². The molecule has 0 radical (unpaired) electrons. The van der Waals surface area contributed by atoms with Crippen LogP contribution in [0.3, 0.4) is 0 Å². The zero-order chi connectivity index (χ0) is 25.1. The molecule has 0 spiro atoms. The highest BCUT2D eigenvalue weighted by Gasteiger charge is 2.43. The molecule has 2 aromatic heterocycles. The van der Waals surface area contributed by atoms with Crippen LogP contribution in [-0.2, 0) is 17.6 Å². The Balaban J connectivity index is 1.30. The van der Waals surface area contributed by atoms with E-state index in [1.165, 1.54) is 6.33 Å². The molecule has 0 amide bonds. The second-order valence-electron chi connectivity index (χ2n) is 9.63. The van der Waals surface area contributed by atoms with Gasteiger partial charge < -0.3 is 19.7 Å². The number of fused-ring (bicyclic) bond motifs is 2. The number of rotatable bonds is 8. The maximum Gasteiger partial charge on any atom is 0.225 e. The van der Waals surface area contributed by atoms with Crippen LogP contribution in [0.4, 0.5) is 21.8 Å². The molecule has 36 heavy (non-hydrogen) atoms. The highest BCUT2D eigenvalue weighted by atomic mass is 19.1. The number of hydrogen-bond acceptors (Lipinski definition) is 8. The number of hydrogen-bond donors (Lipinski definition) is 1. The minimum atomic E-state index is -0.307. The van der Waals surface area contributed by atoms with Gasteiger partial charge >= 0.3 is 0 Å². The van der Waals surface area contributed by atoms with Crippen LogP contribution in [0, 0.1) is 24.6 Å². The zero-order valence-corrected chi connectivity index (χ0v) is 21.1. The van der Waals surface area contributed by atoms with Gasteiger partial charge in [0.2, 0.25) is 11.8 Å². The fraction of sp³-hybridized carbons (Fsp3) is 0.481. The van der Waals surface area contributed by atoms with E-state index < -0.39 is 0 Å². The third-order valence-electron chi connectivity index (χ3n) is 7.00. The zero-order valence-electron chi connectivity index (χ0n) is 21.1. The molecule has 2 aliphatic heterocycles. The lowest BCUT2D eigenvalue weighted by molar-refractivity contribution is -0.0771. The van der Waals surface area contributed by atoms with Gasteiger partial charge in [0.25, 0.3) is 0 Å². The lowest BCUT2D eigenvalue weighted by Gasteiger charge is -2.46. The molecule has 9 heteroatoms. The van der Waals surface area contributed by atoms with Crippen molar-refractivity contribution in [1.29, 1.82) is 0 Å². The topological polar surface area (TPSA) is 85.3 Å². The van der Waals surface area contributed by atoms with Crippen molar-refractivity contribution in [3.63, 3.8) is 0 Å². The predicted molar refractivity (Wildman–Crippen MR) is 136 cm³/mol. The van der Waals surface area contributed by atoms with E-state index in [-0.39, 0.29) is 23.8 Å². The molecule has 2 bridgehead atoms. The molecule has 3 aromatic rings. The molecule has 0 saturated carbocycles. The molecule has 1 N–H and O–H groups in total. The molecule has 5 rings (SSSR count). The van der Waals surface area contributed by atoms with Gasteiger partial charge in [0.15, 0.2) is 0 Å². The summed E-state index contributed by atoms with van der Waals surface area (Å²) in [5.74, 6) is 1.79. The van der Waals surface area contributed by atoms with Crippen LogP contribution in [0.2, 0.25) is 0 Å². The Kier molecular flexibility index (Phi) is 7.27. The van der Waals surface area contributed by atoms with E-state index in [1.807, 2.05) is 32.3 Å². The number of anilines is 3. The molecule has 2 aliphatic rings. The number of nitrogens with zero attached hydrogens (tertiary/aromatic N) is 5. The van der Waals surface area contributed by atoms with Crippen molar-refractivity contribution < 1.29 is 13.9 Å². The largest absolute Gasteiger partial charge is 0.473 e. The van der Waals surface area contributed by atoms with E-state index in [2.05, 4.69) is 37.1 Å². The lowest BCUT2D eigenvalue weighted by Crippen LogP contribution is -2.58. The molecule has 1 aromatic carbocycles. The van der Waals surface area contributed by atoms with Gasteiger partial charge in [0.05, 0.1) is 24.5 Å². The van der Waals surface area contributed by atoms with Crippen molar-refractivity contribution in [2.45, 2.75) is 46.1 Å². The van der Waals surface area contributed by atoms with Gasteiger partial charge in [-0.15, -0.1) is 0 Å². The number of nitrogens with one attached hydrogen (secondary N) is 1.